The molecule has 1 aromatic heterocycles. The van der Waals surface area contributed by atoms with Gasteiger partial charge in [0, 0.05) is 22.7 Å². The predicted molar refractivity (Wildman–Crippen MR) is 99.7 cm³/mol. The lowest BCUT2D eigenvalue weighted by molar-refractivity contribution is 0.0524. The Morgan fingerprint density at radius 3 is 2.44 bits per heavy atom. The van der Waals surface area contributed by atoms with Crippen LogP contribution in [-0.2, 0) is 11.2 Å². The van der Waals surface area contributed by atoms with E-state index < -0.39 is 11.4 Å². The van der Waals surface area contributed by atoms with Crippen molar-refractivity contribution in [2.75, 3.05) is 6.61 Å². The van der Waals surface area contributed by atoms with E-state index in [1.54, 1.807) is 25.1 Å². The van der Waals surface area contributed by atoms with E-state index >= 15 is 0 Å². The minimum atomic E-state index is -0.708. The molecule has 0 radical (unpaired) electrons. The largest absolute Gasteiger partial charge is 0.462 e. The standard InChI is InChI=1S/C21H18FNO4/c1-3-27-21(26)18-11-23-19-9-14(8-13-4-6-15(22)7-5-13)16(12(2)24)10-17(19)20(18)25/h4-7,9-11H,3,8H2,1-2H3,(H,23,25). The summed E-state index contributed by atoms with van der Waals surface area (Å²) in [7, 11) is 0. The van der Waals surface area contributed by atoms with Crippen molar-refractivity contribution in [2.45, 2.75) is 20.3 Å². The Bertz CT molecular complexity index is 1080. The number of esters is 1. The van der Waals surface area contributed by atoms with Crippen molar-refractivity contribution in [3.63, 3.8) is 0 Å². The number of aromatic amines is 1. The molecule has 5 nitrogen and oxygen atoms in total. The van der Waals surface area contributed by atoms with Gasteiger partial charge in [-0.1, -0.05) is 12.1 Å². The maximum atomic E-state index is 13.1. The van der Waals surface area contributed by atoms with Gasteiger partial charge in [0.25, 0.3) is 0 Å². The smallest absolute Gasteiger partial charge is 0.343 e. The van der Waals surface area contributed by atoms with Crippen LogP contribution in [0.15, 0.2) is 47.4 Å². The predicted octanol–water partition coefficient (Wildman–Crippen LogP) is 3.64. The molecule has 0 amide bonds. The molecule has 1 N–H and O–H groups in total. The van der Waals surface area contributed by atoms with Gasteiger partial charge >= 0.3 is 5.97 Å². The number of H-pyrrole nitrogens is 1. The van der Waals surface area contributed by atoms with Gasteiger partial charge in [0.05, 0.1) is 6.61 Å². The lowest BCUT2D eigenvalue weighted by Crippen LogP contribution is -2.18. The Hall–Kier alpha value is -3.28. The van der Waals surface area contributed by atoms with E-state index in [0.717, 1.165) is 5.56 Å². The van der Waals surface area contributed by atoms with Crippen molar-refractivity contribution < 1.29 is 18.7 Å². The second-order valence-electron chi connectivity index (χ2n) is 6.17. The molecule has 0 aliphatic carbocycles. The first-order chi connectivity index (χ1) is 12.9. The number of nitrogens with one attached hydrogen (secondary N) is 1. The van der Waals surface area contributed by atoms with Crippen molar-refractivity contribution in [2.24, 2.45) is 0 Å². The van der Waals surface area contributed by atoms with Crippen molar-refractivity contribution >= 4 is 22.7 Å². The second-order valence-corrected chi connectivity index (χ2v) is 6.17. The van der Waals surface area contributed by atoms with Crippen LogP contribution in [0.1, 0.15) is 45.7 Å². The van der Waals surface area contributed by atoms with E-state index in [9.17, 15) is 18.8 Å². The molecule has 2 aromatic carbocycles. The summed E-state index contributed by atoms with van der Waals surface area (Å²) in [6.45, 7) is 3.23. The van der Waals surface area contributed by atoms with Gasteiger partial charge in [-0.05, 0) is 55.7 Å². The zero-order valence-electron chi connectivity index (χ0n) is 15.0. The molecule has 3 aromatic rings. The first-order valence-corrected chi connectivity index (χ1v) is 8.51. The summed E-state index contributed by atoms with van der Waals surface area (Å²) in [4.78, 5) is 39.6. The normalized spacial score (nSPS) is 10.8. The number of pyridine rings is 1. The number of hydrogen-bond acceptors (Lipinski definition) is 4. The summed E-state index contributed by atoms with van der Waals surface area (Å²) >= 11 is 0. The Labute approximate surface area is 154 Å². The van der Waals surface area contributed by atoms with E-state index in [-0.39, 0.29) is 29.2 Å². The van der Waals surface area contributed by atoms with Crippen LogP contribution in [0.4, 0.5) is 4.39 Å². The van der Waals surface area contributed by atoms with Crippen LogP contribution < -0.4 is 5.43 Å². The summed E-state index contributed by atoms with van der Waals surface area (Å²) in [5.74, 6) is -1.24. The highest BCUT2D eigenvalue weighted by atomic mass is 19.1. The number of hydrogen-bond donors (Lipinski definition) is 1. The van der Waals surface area contributed by atoms with Gasteiger partial charge in [-0.25, -0.2) is 9.18 Å². The molecule has 0 unspecified atom stereocenters. The monoisotopic (exact) mass is 367 g/mol. The maximum Gasteiger partial charge on any atom is 0.343 e. The van der Waals surface area contributed by atoms with Gasteiger partial charge in [0.1, 0.15) is 11.4 Å². The van der Waals surface area contributed by atoms with Crippen molar-refractivity contribution in [3.8, 4) is 0 Å². The molecule has 3 rings (SSSR count). The van der Waals surface area contributed by atoms with Gasteiger partial charge in [-0.2, -0.15) is 0 Å². The van der Waals surface area contributed by atoms with Gasteiger partial charge in [-0.3, -0.25) is 9.59 Å². The molecule has 0 saturated carbocycles. The molecule has 138 valence electrons. The number of ether oxygens (including phenoxy) is 1. The number of aromatic nitrogens is 1. The third-order valence-electron chi connectivity index (χ3n) is 4.29. The zero-order valence-corrected chi connectivity index (χ0v) is 15.0. The highest BCUT2D eigenvalue weighted by molar-refractivity contribution is 6.01. The SMILES string of the molecule is CCOC(=O)c1c[nH]c2cc(Cc3ccc(F)cc3)c(C(C)=O)cc2c1=O. The van der Waals surface area contributed by atoms with Crippen LogP contribution in [0.25, 0.3) is 10.9 Å². The lowest BCUT2D eigenvalue weighted by atomic mass is 9.95. The minimum absolute atomic E-state index is 0.106. The van der Waals surface area contributed by atoms with Crippen LogP contribution in [0.2, 0.25) is 0 Å². The summed E-state index contributed by atoms with van der Waals surface area (Å²) in [6, 6.07) is 9.23. The van der Waals surface area contributed by atoms with E-state index in [1.165, 1.54) is 31.3 Å². The lowest BCUT2D eigenvalue weighted by Gasteiger charge is -2.11. The number of fused-ring (bicyclic) bond motifs is 1. The molecule has 0 saturated heterocycles. The maximum absolute atomic E-state index is 13.1. The van der Waals surface area contributed by atoms with E-state index in [1.807, 2.05) is 0 Å². The molecule has 0 spiro atoms. The van der Waals surface area contributed by atoms with Crippen LogP contribution in [0.5, 0.6) is 0 Å². The number of Topliss-reactive ketones (excluding diaryl/α,β-unsaturated/α-hetero) is 1. The third-order valence-corrected chi connectivity index (χ3v) is 4.29. The van der Waals surface area contributed by atoms with Crippen LogP contribution in [0, 0.1) is 5.82 Å². The number of halogens is 1. The van der Waals surface area contributed by atoms with Crippen molar-refractivity contribution in [1.29, 1.82) is 0 Å². The molecule has 27 heavy (non-hydrogen) atoms. The quantitative estimate of drug-likeness (QED) is 0.552. The molecule has 0 bridgehead atoms. The topological polar surface area (TPSA) is 76.2 Å². The molecule has 1 heterocycles. The fourth-order valence-corrected chi connectivity index (χ4v) is 2.97. The molecular formula is C21H18FNO4. The Kier molecular flexibility index (Phi) is 5.16. The molecule has 6 heteroatoms. The van der Waals surface area contributed by atoms with Gasteiger partial charge < -0.3 is 9.72 Å². The molecule has 0 fully saturated rings. The van der Waals surface area contributed by atoms with E-state index in [2.05, 4.69) is 4.98 Å². The van der Waals surface area contributed by atoms with Crippen LogP contribution in [0.3, 0.4) is 0 Å². The van der Waals surface area contributed by atoms with Crippen molar-refractivity contribution in [3.05, 3.63) is 80.9 Å². The fraction of sp³-hybridized carbons (Fsp3) is 0.190. The summed E-state index contributed by atoms with van der Waals surface area (Å²) < 4.78 is 18.0. The summed E-state index contributed by atoms with van der Waals surface area (Å²) in [6.07, 6.45) is 1.73. The van der Waals surface area contributed by atoms with Crippen LogP contribution in [-0.4, -0.2) is 23.3 Å². The van der Waals surface area contributed by atoms with Gasteiger partial charge in [-0.15, -0.1) is 0 Å². The Morgan fingerprint density at radius 1 is 1.11 bits per heavy atom. The average molecular weight is 367 g/mol. The average Bonchev–Trinajstić information content (AvgIpc) is 2.63. The number of benzene rings is 2. The Morgan fingerprint density at radius 2 is 1.81 bits per heavy atom. The summed E-state index contributed by atoms with van der Waals surface area (Å²) in [5.41, 5.74) is 1.85. The number of rotatable bonds is 5. The van der Waals surface area contributed by atoms with Gasteiger partial charge in [0.15, 0.2) is 5.78 Å². The minimum Gasteiger partial charge on any atom is -0.462 e. The van der Waals surface area contributed by atoms with Crippen molar-refractivity contribution in [1.82, 2.24) is 4.98 Å². The highest BCUT2D eigenvalue weighted by Gasteiger charge is 2.17. The molecular weight excluding hydrogens is 349 g/mol. The van der Waals surface area contributed by atoms with Gasteiger partial charge in [0.2, 0.25) is 5.43 Å². The number of ketones is 1. The number of carbonyl (C=O) groups is 2. The second kappa shape index (κ2) is 7.53. The number of carbonyl (C=O) groups excluding carboxylic acids is 2. The first-order valence-electron chi connectivity index (χ1n) is 8.51. The zero-order chi connectivity index (χ0) is 19.6. The molecule has 0 atom stereocenters. The van der Waals surface area contributed by atoms with E-state index in [0.29, 0.717) is 23.1 Å². The molecule has 0 aliphatic heterocycles. The highest BCUT2D eigenvalue weighted by Crippen LogP contribution is 2.21. The molecule has 0 aliphatic rings. The van der Waals surface area contributed by atoms with E-state index in [4.69, 9.17) is 4.74 Å². The fourth-order valence-electron chi connectivity index (χ4n) is 2.97. The first kappa shape index (κ1) is 18.5. The van der Waals surface area contributed by atoms with Crippen LogP contribution >= 0.6 is 0 Å². The summed E-state index contributed by atoms with van der Waals surface area (Å²) in [5, 5.41) is 0.244. The third kappa shape index (κ3) is 3.79. The Balaban J connectivity index is 2.13.